The monoisotopic (exact) mass is 184 g/mol. The molecule has 0 aromatic carbocycles. The van der Waals surface area contributed by atoms with Gasteiger partial charge in [0, 0.05) is 0 Å². The number of hydrogen-bond donors (Lipinski definition) is 0. The van der Waals surface area contributed by atoms with Crippen LogP contribution in [-0.4, -0.2) is 18.5 Å². The summed E-state index contributed by atoms with van der Waals surface area (Å²) in [7, 11) is -0.986. The van der Waals surface area contributed by atoms with Crippen LogP contribution in [0.25, 0.3) is 0 Å². The Balaban J connectivity index is 2.77. The molecule has 1 aliphatic rings. The van der Waals surface area contributed by atoms with Crippen molar-refractivity contribution in [1.29, 1.82) is 0 Å². The fourth-order valence-corrected chi connectivity index (χ4v) is 6.13. The SMILES string of the molecule is CC[PH](CC)(CC)C1=CC=CC1. The maximum atomic E-state index is 2.38. The van der Waals surface area contributed by atoms with E-state index in [1.165, 1.54) is 24.9 Å². The van der Waals surface area contributed by atoms with Gasteiger partial charge in [0.15, 0.2) is 0 Å². The van der Waals surface area contributed by atoms with Crippen molar-refractivity contribution in [3.8, 4) is 0 Å². The molecule has 1 rings (SSSR count). The Hall–Kier alpha value is -0.0900. The van der Waals surface area contributed by atoms with Crippen LogP contribution in [0.3, 0.4) is 0 Å². The molecule has 1 heteroatoms. The van der Waals surface area contributed by atoms with Gasteiger partial charge >= 0.3 is 76.5 Å². The average molecular weight is 184 g/mol. The van der Waals surface area contributed by atoms with Gasteiger partial charge in [0.2, 0.25) is 0 Å². The summed E-state index contributed by atoms with van der Waals surface area (Å²) < 4.78 is 0. The van der Waals surface area contributed by atoms with E-state index in [-0.39, 0.29) is 0 Å². The van der Waals surface area contributed by atoms with Crippen LogP contribution in [0.15, 0.2) is 23.5 Å². The second-order valence-corrected chi connectivity index (χ2v) is 8.99. The number of rotatable bonds is 4. The van der Waals surface area contributed by atoms with Crippen LogP contribution in [0.5, 0.6) is 0 Å². The van der Waals surface area contributed by atoms with E-state index in [0.717, 1.165) is 0 Å². The third-order valence-corrected chi connectivity index (χ3v) is 9.28. The minimum atomic E-state index is -0.986. The van der Waals surface area contributed by atoms with Gasteiger partial charge in [-0.15, -0.1) is 0 Å². The van der Waals surface area contributed by atoms with E-state index < -0.39 is 7.26 Å². The van der Waals surface area contributed by atoms with E-state index in [2.05, 4.69) is 39.0 Å². The van der Waals surface area contributed by atoms with Crippen molar-refractivity contribution >= 4 is 7.26 Å². The molecule has 0 saturated heterocycles. The maximum absolute atomic E-state index is 2.38. The molecule has 0 fully saturated rings. The van der Waals surface area contributed by atoms with Crippen molar-refractivity contribution in [2.75, 3.05) is 18.5 Å². The Labute approximate surface area is 77.1 Å². The van der Waals surface area contributed by atoms with Crippen LogP contribution in [-0.2, 0) is 0 Å². The van der Waals surface area contributed by atoms with E-state index >= 15 is 0 Å². The van der Waals surface area contributed by atoms with E-state index in [1.807, 2.05) is 0 Å². The molecule has 12 heavy (non-hydrogen) atoms. The van der Waals surface area contributed by atoms with Crippen LogP contribution in [0.4, 0.5) is 0 Å². The summed E-state index contributed by atoms with van der Waals surface area (Å²) in [6.07, 6.45) is 12.4. The molecule has 0 atom stereocenters. The van der Waals surface area contributed by atoms with Crippen LogP contribution in [0, 0.1) is 0 Å². The summed E-state index contributed by atoms with van der Waals surface area (Å²) in [5, 5.41) is 1.79. The second kappa shape index (κ2) is 4.23. The summed E-state index contributed by atoms with van der Waals surface area (Å²) in [5.41, 5.74) is 0. The first-order chi connectivity index (χ1) is 5.79. The van der Waals surface area contributed by atoms with Crippen molar-refractivity contribution in [2.45, 2.75) is 27.2 Å². The summed E-state index contributed by atoms with van der Waals surface area (Å²) in [4.78, 5) is 0. The first kappa shape index (κ1) is 9.99. The molecule has 0 radical (unpaired) electrons. The van der Waals surface area contributed by atoms with Crippen molar-refractivity contribution < 1.29 is 0 Å². The average Bonchev–Trinajstić information content (AvgIpc) is 2.62. The molecular weight excluding hydrogens is 163 g/mol. The molecule has 0 aliphatic heterocycles. The molecule has 0 N–H and O–H groups in total. The van der Waals surface area contributed by atoms with Crippen LogP contribution in [0.1, 0.15) is 27.2 Å². The molecule has 0 unspecified atom stereocenters. The van der Waals surface area contributed by atoms with E-state index in [0.29, 0.717) is 0 Å². The second-order valence-electron chi connectivity index (χ2n) is 3.67. The summed E-state index contributed by atoms with van der Waals surface area (Å²) >= 11 is 0. The van der Waals surface area contributed by atoms with Gasteiger partial charge in [0.05, 0.1) is 0 Å². The van der Waals surface area contributed by atoms with Gasteiger partial charge in [0.25, 0.3) is 0 Å². The molecular formula is C11H21P. The molecule has 0 bridgehead atoms. The quantitative estimate of drug-likeness (QED) is 0.585. The first-order valence-electron chi connectivity index (χ1n) is 5.15. The third-order valence-electron chi connectivity index (χ3n) is 3.48. The molecule has 0 aromatic rings. The van der Waals surface area contributed by atoms with Gasteiger partial charge < -0.3 is 0 Å². The van der Waals surface area contributed by atoms with E-state index in [4.69, 9.17) is 0 Å². The molecule has 0 amide bonds. The number of hydrogen-bond acceptors (Lipinski definition) is 0. The Bertz CT molecular complexity index is 189. The predicted octanol–water partition coefficient (Wildman–Crippen LogP) is 3.64. The Morgan fingerprint density at radius 3 is 2.08 bits per heavy atom. The van der Waals surface area contributed by atoms with E-state index in [9.17, 15) is 0 Å². The predicted molar refractivity (Wildman–Crippen MR) is 61.8 cm³/mol. The molecule has 0 spiro atoms. The fraction of sp³-hybridized carbons (Fsp3) is 0.636. The van der Waals surface area contributed by atoms with Gasteiger partial charge in [-0.25, -0.2) is 0 Å². The summed E-state index contributed by atoms with van der Waals surface area (Å²) in [6.45, 7) is 7.12. The van der Waals surface area contributed by atoms with Crippen molar-refractivity contribution in [3.63, 3.8) is 0 Å². The van der Waals surface area contributed by atoms with Crippen LogP contribution in [0.2, 0.25) is 0 Å². The number of allylic oxidation sites excluding steroid dienone is 4. The molecule has 0 saturated carbocycles. The Morgan fingerprint density at radius 2 is 1.75 bits per heavy atom. The van der Waals surface area contributed by atoms with Crippen molar-refractivity contribution in [2.24, 2.45) is 0 Å². The molecule has 70 valence electrons. The zero-order chi connectivity index (χ0) is 9.03. The normalized spacial score (nSPS) is 18.1. The van der Waals surface area contributed by atoms with E-state index in [1.54, 1.807) is 5.31 Å². The topological polar surface area (TPSA) is 0 Å². The van der Waals surface area contributed by atoms with Crippen LogP contribution < -0.4 is 0 Å². The molecule has 0 heterocycles. The third kappa shape index (κ3) is 1.64. The van der Waals surface area contributed by atoms with Gasteiger partial charge in [-0.05, 0) is 0 Å². The minimum absolute atomic E-state index is 0.986. The fourth-order valence-electron chi connectivity index (χ4n) is 2.27. The first-order valence-corrected chi connectivity index (χ1v) is 7.77. The van der Waals surface area contributed by atoms with Crippen LogP contribution >= 0.6 is 7.26 Å². The van der Waals surface area contributed by atoms with Gasteiger partial charge in [-0.1, -0.05) is 0 Å². The standard InChI is InChI=1S/C11H21P/c1-4-12(5-2,6-3)11-9-7-8-10-11/h7-9,12H,4-6,10H2,1-3H3. The van der Waals surface area contributed by atoms with Gasteiger partial charge in [-0.3, -0.25) is 0 Å². The molecule has 1 aliphatic carbocycles. The van der Waals surface area contributed by atoms with Gasteiger partial charge in [-0.2, -0.15) is 0 Å². The Kier molecular flexibility index (Phi) is 3.53. The molecule has 0 aromatic heterocycles. The summed E-state index contributed by atoms with van der Waals surface area (Å²) in [5.74, 6) is 0. The summed E-state index contributed by atoms with van der Waals surface area (Å²) in [6, 6.07) is 0. The Morgan fingerprint density at radius 1 is 1.17 bits per heavy atom. The van der Waals surface area contributed by atoms with Gasteiger partial charge in [0.1, 0.15) is 0 Å². The molecule has 0 nitrogen and oxygen atoms in total. The zero-order valence-electron chi connectivity index (χ0n) is 8.56. The zero-order valence-corrected chi connectivity index (χ0v) is 9.56. The van der Waals surface area contributed by atoms with Crippen molar-refractivity contribution in [1.82, 2.24) is 0 Å². The van der Waals surface area contributed by atoms with Crippen molar-refractivity contribution in [3.05, 3.63) is 23.5 Å².